The molecule has 0 bridgehead atoms. The molecule has 0 aliphatic heterocycles. The van der Waals surface area contributed by atoms with Gasteiger partial charge in [-0.25, -0.2) is 0 Å². The lowest BCUT2D eigenvalue weighted by Crippen LogP contribution is -1.80. The molecule has 0 heteroatoms. The Labute approximate surface area is 87.4 Å². The lowest BCUT2D eigenvalue weighted by Gasteiger charge is -1.98. The second-order valence-corrected chi connectivity index (χ2v) is 3.51. The molecule has 0 aromatic rings. The first-order chi connectivity index (χ1) is 6.93. The Morgan fingerprint density at radius 3 is 2.07 bits per heavy atom. The highest BCUT2D eigenvalue weighted by atomic mass is 14.0. The van der Waals surface area contributed by atoms with E-state index in [1.165, 1.54) is 6.42 Å². The summed E-state index contributed by atoms with van der Waals surface area (Å²) in [6.07, 6.45) is 23.3. The van der Waals surface area contributed by atoms with Crippen molar-refractivity contribution in [2.24, 2.45) is 0 Å². The Morgan fingerprint density at radius 2 is 1.43 bits per heavy atom. The van der Waals surface area contributed by atoms with Gasteiger partial charge < -0.3 is 0 Å². The maximum atomic E-state index is 5.42. The van der Waals surface area contributed by atoms with Crippen molar-refractivity contribution in [1.82, 2.24) is 0 Å². The molecule has 0 radical (unpaired) electrons. The Morgan fingerprint density at radius 1 is 0.857 bits per heavy atom. The van der Waals surface area contributed by atoms with Gasteiger partial charge in [0.05, 0.1) is 0 Å². The fourth-order valence-electron chi connectivity index (χ4n) is 1.49. The second-order valence-electron chi connectivity index (χ2n) is 3.51. The van der Waals surface area contributed by atoms with E-state index in [0.717, 1.165) is 37.7 Å². The summed E-state index contributed by atoms with van der Waals surface area (Å²) in [7, 11) is 0. The first-order valence-electron chi connectivity index (χ1n) is 5.39. The maximum Gasteiger partial charge on any atom is -0.00191 e. The molecule has 0 fully saturated rings. The van der Waals surface area contributed by atoms with Gasteiger partial charge >= 0.3 is 0 Å². The molecule has 0 unspecified atom stereocenters. The van der Waals surface area contributed by atoms with Crippen LogP contribution < -0.4 is 0 Å². The Kier molecular flexibility index (Phi) is 5.59. The van der Waals surface area contributed by atoms with Crippen molar-refractivity contribution in [1.29, 1.82) is 0 Å². The molecule has 74 valence electrons. The van der Waals surface area contributed by atoms with Crippen LogP contribution in [0.15, 0.2) is 36.0 Å². The molecule has 0 atom stereocenters. The summed E-state index contributed by atoms with van der Waals surface area (Å²) in [5, 5.41) is 0. The number of allylic oxidation sites excluding steroid dienone is 6. The average Bonchev–Trinajstić information content (AvgIpc) is 2.19. The quantitative estimate of drug-likeness (QED) is 0.396. The molecule has 0 saturated heterocycles. The van der Waals surface area contributed by atoms with E-state index in [1.807, 2.05) is 0 Å². The van der Waals surface area contributed by atoms with Crippen LogP contribution in [0.1, 0.15) is 38.5 Å². The van der Waals surface area contributed by atoms with Crippen molar-refractivity contribution >= 4 is 0 Å². The molecule has 1 aliphatic carbocycles. The van der Waals surface area contributed by atoms with Crippen LogP contribution in [0, 0.1) is 12.3 Å². The Hall–Kier alpha value is -1.22. The Balaban J connectivity index is 2.52. The van der Waals surface area contributed by atoms with E-state index in [0.29, 0.717) is 0 Å². The molecule has 14 heavy (non-hydrogen) atoms. The van der Waals surface area contributed by atoms with Gasteiger partial charge in [-0.1, -0.05) is 36.3 Å². The van der Waals surface area contributed by atoms with Crippen LogP contribution in [-0.2, 0) is 0 Å². The van der Waals surface area contributed by atoms with E-state index in [1.54, 1.807) is 0 Å². The molecular weight excluding hydrogens is 168 g/mol. The molecule has 0 aromatic heterocycles. The molecule has 0 N–H and O–H groups in total. The van der Waals surface area contributed by atoms with E-state index >= 15 is 0 Å². The summed E-state index contributed by atoms with van der Waals surface area (Å²) in [6.45, 7) is 0. The van der Waals surface area contributed by atoms with Crippen molar-refractivity contribution in [2.45, 2.75) is 38.5 Å². The van der Waals surface area contributed by atoms with Crippen LogP contribution in [0.2, 0.25) is 0 Å². The molecule has 0 saturated carbocycles. The van der Waals surface area contributed by atoms with Gasteiger partial charge in [-0.3, -0.25) is 0 Å². The summed E-state index contributed by atoms with van der Waals surface area (Å²) in [5.41, 5.74) is 1.16. The summed E-state index contributed by atoms with van der Waals surface area (Å²) in [5.74, 6) is 2.76. The van der Waals surface area contributed by atoms with Gasteiger partial charge in [0.2, 0.25) is 0 Å². The van der Waals surface area contributed by atoms with Gasteiger partial charge in [-0.05, 0) is 44.1 Å². The number of hydrogen-bond donors (Lipinski definition) is 0. The van der Waals surface area contributed by atoms with Crippen molar-refractivity contribution in [3.63, 3.8) is 0 Å². The molecule has 0 amide bonds. The standard InChI is InChI=1S/C14H18/c1-2-14-12-10-8-6-4-3-5-7-9-11-13-14/h1,4,6-7,9,12H,3,5,8,10-11,13H2/b6-4+,9-7+,14-12+. The third-order valence-electron chi connectivity index (χ3n) is 2.32. The van der Waals surface area contributed by atoms with E-state index in [2.05, 4.69) is 36.3 Å². The molecule has 0 spiro atoms. The van der Waals surface area contributed by atoms with Gasteiger partial charge in [0.1, 0.15) is 0 Å². The summed E-state index contributed by atoms with van der Waals surface area (Å²) in [6, 6.07) is 0. The molecule has 1 aliphatic rings. The highest BCUT2D eigenvalue weighted by molar-refractivity contribution is 5.25. The third kappa shape index (κ3) is 4.72. The molecule has 1 rings (SSSR count). The van der Waals surface area contributed by atoms with E-state index in [9.17, 15) is 0 Å². The SMILES string of the molecule is C#C/C1=C\CC/C=C/CC/C=C/CC1. The van der Waals surface area contributed by atoms with Crippen molar-refractivity contribution < 1.29 is 0 Å². The maximum absolute atomic E-state index is 5.42. The average molecular weight is 186 g/mol. The van der Waals surface area contributed by atoms with Crippen molar-refractivity contribution in [2.75, 3.05) is 0 Å². The zero-order valence-corrected chi connectivity index (χ0v) is 8.71. The van der Waals surface area contributed by atoms with E-state index < -0.39 is 0 Å². The summed E-state index contributed by atoms with van der Waals surface area (Å²) in [4.78, 5) is 0. The minimum absolute atomic E-state index is 1.02. The highest BCUT2D eigenvalue weighted by Crippen LogP contribution is 2.09. The lowest BCUT2D eigenvalue weighted by atomic mass is 10.1. The van der Waals surface area contributed by atoms with Crippen LogP contribution in [0.4, 0.5) is 0 Å². The zero-order chi connectivity index (χ0) is 10.1. The third-order valence-corrected chi connectivity index (χ3v) is 2.32. The summed E-state index contributed by atoms with van der Waals surface area (Å²) < 4.78 is 0. The number of rotatable bonds is 0. The normalized spacial score (nSPS) is 27.2. The predicted molar refractivity (Wildman–Crippen MR) is 62.9 cm³/mol. The van der Waals surface area contributed by atoms with Gasteiger partial charge in [-0.15, -0.1) is 6.42 Å². The largest absolute Gasteiger partial charge is 0.115 e. The second kappa shape index (κ2) is 7.21. The minimum atomic E-state index is 1.02. The van der Waals surface area contributed by atoms with Gasteiger partial charge in [-0.2, -0.15) is 0 Å². The lowest BCUT2D eigenvalue weighted by molar-refractivity contribution is 0.944. The predicted octanol–water partition coefficient (Wildman–Crippen LogP) is 4.01. The fraction of sp³-hybridized carbons (Fsp3) is 0.429. The minimum Gasteiger partial charge on any atom is -0.115 e. The van der Waals surface area contributed by atoms with Gasteiger partial charge in [0.15, 0.2) is 0 Å². The van der Waals surface area contributed by atoms with Crippen LogP contribution in [-0.4, -0.2) is 0 Å². The van der Waals surface area contributed by atoms with E-state index in [-0.39, 0.29) is 0 Å². The van der Waals surface area contributed by atoms with Crippen molar-refractivity contribution in [3.05, 3.63) is 36.0 Å². The van der Waals surface area contributed by atoms with Gasteiger partial charge in [0.25, 0.3) is 0 Å². The van der Waals surface area contributed by atoms with Crippen LogP contribution in [0.25, 0.3) is 0 Å². The number of hydrogen-bond acceptors (Lipinski definition) is 0. The fourth-order valence-corrected chi connectivity index (χ4v) is 1.49. The monoisotopic (exact) mass is 186 g/mol. The topological polar surface area (TPSA) is 0 Å². The molecule has 0 aromatic carbocycles. The first-order valence-corrected chi connectivity index (χ1v) is 5.39. The first kappa shape index (κ1) is 10.9. The zero-order valence-electron chi connectivity index (χ0n) is 8.71. The highest BCUT2D eigenvalue weighted by Gasteiger charge is 1.91. The molecular formula is C14H18. The van der Waals surface area contributed by atoms with Crippen LogP contribution in [0.5, 0.6) is 0 Å². The van der Waals surface area contributed by atoms with Crippen LogP contribution in [0.3, 0.4) is 0 Å². The van der Waals surface area contributed by atoms with E-state index in [4.69, 9.17) is 6.42 Å². The smallest absolute Gasteiger partial charge is 0.00191 e. The summed E-state index contributed by atoms with van der Waals surface area (Å²) >= 11 is 0. The van der Waals surface area contributed by atoms with Crippen molar-refractivity contribution in [3.8, 4) is 12.3 Å². The Bertz CT molecular complexity index is 271. The number of terminal acetylenes is 1. The molecule has 0 heterocycles. The van der Waals surface area contributed by atoms with Crippen LogP contribution >= 0.6 is 0 Å². The molecule has 0 nitrogen and oxygen atoms in total. The van der Waals surface area contributed by atoms with Gasteiger partial charge in [0, 0.05) is 0 Å².